The van der Waals surface area contributed by atoms with Crippen LogP contribution in [0.4, 0.5) is 0 Å². The third kappa shape index (κ3) is 2.63. The molecule has 0 aromatic carbocycles. The molecule has 3 saturated carbocycles. The van der Waals surface area contributed by atoms with E-state index in [9.17, 15) is 14.7 Å². The first kappa shape index (κ1) is 18.7. The maximum absolute atomic E-state index is 13.5. The minimum Gasteiger partial charge on any atom is -0.390 e. The maximum Gasteiger partial charge on any atom is 0.233 e. The number of hydrogen-bond acceptors (Lipinski definition) is 6. The molecule has 7 atom stereocenters. The number of epoxide rings is 1. The minimum atomic E-state index is -0.849. The number of amides is 2. The number of ether oxygens (including phenoxy) is 3. The van der Waals surface area contributed by atoms with Crippen LogP contribution in [0.25, 0.3) is 0 Å². The van der Waals surface area contributed by atoms with Crippen LogP contribution in [0.5, 0.6) is 0 Å². The zero-order chi connectivity index (χ0) is 19.8. The predicted molar refractivity (Wildman–Crippen MR) is 100 cm³/mol. The van der Waals surface area contributed by atoms with Gasteiger partial charge in [0.05, 0.1) is 31.2 Å². The molecule has 6 fully saturated rings. The summed E-state index contributed by atoms with van der Waals surface area (Å²) >= 11 is 0. The highest BCUT2D eigenvalue weighted by molar-refractivity contribution is 6.05. The Morgan fingerprint density at radius 1 is 0.966 bits per heavy atom. The molecule has 0 unspecified atom stereocenters. The minimum absolute atomic E-state index is 0.0189. The molecule has 2 amide bonds. The summed E-state index contributed by atoms with van der Waals surface area (Å²) in [5.74, 6) is -1.72. The van der Waals surface area contributed by atoms with Crippen molar-refractivity contribution in [1.29, 1.82) is 0 Å². The highest BCUT2D eigenvalue weighted by Gasteiger charge is 2.74. The fraction of sp³-hybridized carbons (Fsp3) is 0.909. The Kier molecular flexibility index (Phi) is 4.35. The summed E-state index contributed by atoms with van der Waals surface area (Å²) in [6, 6.07) is 0. The summed E-state index contributed by atoms with van der Waals surface area (Å²) in [5, 5.41) is 11.1. The maximum atomic E-state index is 13.5. The molecule has 0 radical (unpaired) electrons. The molecule has 7 nitrogen and oxygen atoms in total. The lowest BCUT2D eigenvalue weighted by atomic mass is 9.59. The zero-order valence-electron chi connectivity index (χ0n) is 16.8. The number of likely N-dealkylation sites (tertiary alicyclic amines) is 1. The molecule has 29 heavy (non-hydrogen) atoms. The van der Waals surface area contributed by atoms with E-state index in [1.165, 1.54) is 24.2 Å². The Morgan fingerprint density at radius 2 is 1.72 bits per heavy atom. The Balaban J connectivity index is 1.29. The summed E-state index contributed by atoms with van der Waals surface area (Å²) in [6.07, 6.45) is 6.74. The number of aliphatic hydroxyl groups is 1. The normalized spacial score (nSPS) is 46.4. The van der Waals surface area contributed by atoms with E-state index in [1.807, 2.05) is 0 Å². The molecule has 0 bridgehead atoms. The van der Waals surface area contributed by atoms with Gasteiger partial charge in [-0.25, -0.2) is 0 Å². The van der Waals surface area contributed by atoms with Gasteiger partial charge in [0.2, 0.25) is 17.6 Å². The average Bonchev–Trinajstić information content (AvgIpc) is 3.54. The predicted octanol–water partition coefficient (Wildman–Crippen LogP) is 1.47. The number of nitrogens with zero attached hydrogens (tertiary/aromatic N) is 1. The van der Waals surface area contributed by atoms with Gasteiger partial charge in [0.1, 0.15) is 12.2 Å². The molecular formula is C22H31NO6. The summed E-state index contributed by atoms with van der Waals surface area (Å²) in [4.78, 5) is 28.2. The van der Waals surface area contributed by atoms with Crippen LogP contribution in [0, 0.1) is 29.6 Å². The molecule has 1 N–H and O–H groups in total. The van der Waals surface area contributed by atoms with Gasteiger partial charge in [-0.2, -0.15) is 0 Å². The van der Waals surface area contributed by atoms with E-state index in [0.717, 1.165) is 25.7 Å². The van der Waals surface area contributed by atoms with Crippen LogP contribution < -0.4 is 0 Å². The van der Waals surface area contributed by atoms with Crippen molar-refractivity contribution >= 4 is 11.8 Å². The Labute approximate surface area is 171 Å². The van der Waals surface area contributed by atoms with Crippen molar-refractivity contribution < 1.29 is 28.9 Å². The van der Waals surface area contributed by atoms with Crippen molar-refractivity contribution in [2.24, 2.45) is 29.6 Å². The second kappa shape index (κ2) is 6.74. The fourth-order valence-electron chi connectivity index (χ4n) is 7.16. The number of carbonyl (C=O) groups is 2. The smallest absolute Gasteiger partial charge is 0.233 e. The van der Waals surface area contributed by atoms with Gasteiger partial charge in [0, 0.05) is 18.4 Å². The molecule has 6 rings (SSSR count). The molecule has 6 aliphatic rings. The van der Waals surface area contributed by atoms with Crippen LogP contribution in [0.1, 0.15) is 51.4 Å². The largest absolute Gasteiger partial charge is 0.390 e. The van der Waals surface area contributed by atoms with Gasteiger partial charge >= 0.3 is 0 Å². The number of rotatable bonds is 2. The average molecular weight is 405 g/mol. The quantitative estimate of drug-likeness (QED) is 0.553. The van der Waals surface area contributed by atoms with Crippen LogP contribution in [0.15, 0.2) is 0 Å². The van der Waals surface area contributed by atoms with Crippen LogP contribution in [0.3, 0.4) is 0 Å². The van der Waals surface area contributed by atoms with Gasteiger partial charge in [-0.1, -0.05) is 19.3 Å². The molecule has 3 aliphatic carbocycles. The molecule has 160 valence electrons. The standard InChI is InChI=1S/C22H31NO6/c24-17-16-14(22(19-18(17)29-19)27-9-4-10-28-22)8-7-13-15(16)21(26)23(20(13)25)11-12-5-2-1-3-6-12/h12-19,24H,1-11H2/t13-,14+,15-,16+,17-,18-,19-/m0/s1. The third-order valence-corrected chi connectivity index (χ3v) is 8.52. The van der Waals surface area contributed by atoms with Gasteiger partial charge in [0.25, 0.3) is 0 Å². The second-order valence-electron chi connectivity index (χ2n) is 9.97. The van der Waals surface area contributed by atoms with Gasteiger partial charge in [-0.15, -0.1) is 0 Å². The summed E-state index contributed by atoms with van der Waals surface area (Å²) in [5.41, 5.74) is 0. The number of fused-ring (bicyclic) bond motifs is 6. The lowest BCUT2D eigenvalue weighted by Gasteiger charge is -2.52. The van der Waals surface area contributed by atoms with Crippen molar-refractivity contribution in [2.45, 2.75) is 75.5 Å². The summed E-state index contributed by atoms with van der Waals surface area (Å²) < 4.78 is 18.2. The first-order valence-corrected chi connectivity index (χ1v) is 11.6. The molecule has 3 heterocycles. The fourth-order valence-corrected chi connectivity index (χ4v) is 7.16. The lowest BCUT2D eigenvalue weighted by Crippen LogP contribution is -2.64. The van der Waals surface area contributed by atoms with Crippen molar-refractivity contribution in [3.63, 3.8) is 0 Å². The van der Waals surface area contributed by atoms with E-state index in [-0.39, 0.29) is 41.8 Å². The molecule has 3 aliphatic heterocycles. The van der Waals surface area contributed by atoms with E-state index in [2.05, 4.69) is 0 Å². The van der Waals surface area contributed by atoms with Crippen LogP contribution in [-0.4, -0.2) is 65.7 Å². The first-order valence-electron chi connectivity index (χ1n) is 11.6. The second-order valence-corrected chi connectivity index (χ2v) is 9.97. The van der Waals surface area contributed by atoms with Gasteiger partial charge < -0.3 is 19.3 Å². The highest BCUT2D eigenvalue weighted by Crippen LogP contribution is 2.60. The number of carbonyl (C=O) groups excluding carboxylic acids is 2. The van der Waals surface area contributed by atoms with E-state index >= 15 is 0 Å². The number of imide groups is 1. The monoisotopic (exact) mass is 405 g/mol. The van der Waals surface area contributed by atoms with Crippen molar-refractivity contribution in [2.75, 3.05) is 19.8 Å². The molecule has 1 spiro atoms. The van der Waals surface area contributed by atoms with E-state index in [1.54, 1.807) is 0 Å². The van der Waals surface area contributed by atoms with E-state index in [0.29, 0.717) is 32.1 Å². The van der Waals surface area contributed by atoms with Crippen molar-refractivity contribution in [1.82, 2.24) is 4.90 Å². The van der Waals surface area contributed by atoms with Crippen LogP contribution in [-0.2, 0) is 23.8 Å². The Hall–Kier alpha value is -1.02. The molecule has 0 aromatic heterocycles. The van der Waals surface area contributed by atoms with Gasteiger partial charge in [0.15, 0.2) is 0 Å². The van der Waals surface area contributed by atoms with Gasteiger partial charge in [-0.3, -0.25) is 14.5 Å². The van der Waals surface area contributed by atoms with E-state index in [4.69, 9.17) is 14.2 Å². The molecule has 3 saturated heterocycles. The number of aliphatic hydroxyl groups excluding tert-OH is 1. The number of hydrogen-bond donors (Lipinski definition) is 1. The SMILES string of the molecule is O=C1[C@@H]2[C@@H]3[C@H](O)[C@@H]4O[C@@H]4C4(OCCCO4)[C@@H]3CC[C@@H]2C(=O)N1CC1CCCCC1. The zero-order valence-corrected chi connectivity index (χ0v) is 16.8. The van der Waals surface area contributed by atoms with E-state index < -0.39 is 17.8 Å². The third-order valence-electron chi connectivity index (χ3n) is 8.52. The summed E-state index contributed by atoms with van der Waals surface area (Å²) in [7, 11) is 0. The van der Waals surface area contributed by atoms with Crippen LogP contribution in [0.2, 0.25) is 0 Å². The van der Waals surface area contributed by atoms with Gasteiger partial charge in [-0.05, 0) is 38.0 Å². The summed E-state index contributed by atoms with van der Waals surface area (Å²) in [6.45, 7) is 1.78. The van der Waals surface area contributed by atoms with Crippen molar-refractivity contribution in [3.05, 3.63) is 0 Å². The topological polar surface area (TPSA) is 88.6 Å². The first-order chi connectivity index (χ1) is 14.1. The van der Waals surface area contributed by atoms with Crippen molar-refractivity contribution in [3.8, 4) is 0 Å². The lowest BCUT2D eigenvalue weighted by molar-refractivity contribution is -0.326. The Bertz CT molecular complexity index is 699. The molecule has 0 aromatic rings. The molecule has 7 heteroatoms. The van der Waals surface area contributed by atoms with Crippen LogP contribution >= 0.6 is 0 Å². The Morgan fingerprint density at radius 3 is 2.48 bits per heavy atom. The highest BCUT2D eigenvalue weighted by atomic mass is 16.8. The molecular weight excluding hydrogens is 374 g/mol.